The van der Waals surface area contributed by atoms with Gasteiger partial charge in [-0.2, -0.15) is 0 Å². The molecule has 3 heteroatoms. The van der Waals surface area contributed by atoms with E-state index in [9.17, 15) is 0 Å². The molecule has 0 saturated carbocycles. The molecule has 0 aliphatic carbocycles. The van der Waals surface area contributed by atoms with Crippen molar-refractivity contribution in [3.63, 3.8) is 0 Å². The van der Waals surface area contributed by atoms with E-state index in [1.165, 1.54) is 11.1 Å². The second kappa shape index (κ2) is 6.63. The van der Waals surface area contributed by atoms with Crippen LogP contribution in [0, 0.1) is 6.92 Å². The van der Waals surface area contributed by atoms with Gasteiger partial charge in [-0.25, -0.2) is 0 Å². The van der Waals surface area contributed by atoms with Crippen molar-refractivity contribution in [1.82, 2.24) is 0 Å². The van der Waals surface area contributed by atoms with Crippen LogP contribution in [0.1, 0.15) is 49.4 Å². The average Bonchev–Trinajstić information content (AvgIpc) is 2.40. The first-order valence-corrected chi connectivity index (χ1v) is 8.01. The molecule has 0 fully saturated rings. The topological polar surface area (TPSA) is 35.2 Å². The molecule has 1 unspecified atom stereocenters. The lowest BCUT2D eigenvalue weighted by molar-refractivity contribution is 0.478. The zero-order valence-corrected chi connectivity index (χ0v) is 14.6. The fraction of sp³-hybridized carbons (Fsp3) is 0.333. The highest BCUT2D eigenvalue weighted by atomic mass is 79.9. The summed E-state index contributed by atoms with van der Waals surface area (Å²) in [5.41, 5.74) is 9.58. The van der Waals surface area contributed by atoms with Gasteiger partial charge in [-0.3, -0.25) is 0 Å². The van der Waals surface area contributed by atoms with Crippen LogP contribution in [0.25, 0.3) is 0 Å². The van der Waals surface area contributed by atoms with Gasteiger partial charge in [-0.15, -0.1) is 0 Å². The van der Waals surface area contributed by atoms with Crippen LogP contribution in [0.3, 0.4) is 0 Å². The average molecular weight is 348 g/mol. The van der Waals surface area contributed by atoms with E-state index in [1.807, 2.05) is 31.2 Å². The van der Waals surface area contributed by atoms with Gasteiger partial charge in [0.25, 0.3) is 0 Å². The third-order valence-corrected chi connectivity index (χ3v) is 4.19. The molecule has 21 heavy (non-hydrogen) atoms. The molecule has 0 heterocycles. The Balaban J connectivity index is 2.24. The minimum Gasteiger partial charge on any atom is -0.456 e. The highest BCUT2D eigenvalue weighted by Gasteiger charge is 2.09. The highest BCUT2D eigenvalue weighted by molar-refractivity contribution is 9.10. The Morgan fingerprint density at radius 2 is 1.76 bits per heavy atom. The standard InChI is InChI=1S/C18H22BrNO/c1-11(2)16-7-6-15(9-12(16)3)21-18-8-5-14(13(4)20)10-17(18)19/h5-11,13H,20H2,1-4H3. The van der Waals surface area contributed by atoms with Crippen molar-refractivity contribution >= 4 is 15.9 Å². The zero-order valence-electron chi connectivity index (χ0n) is 13.0. The first-order chi connectivity index (χ1) is 9.88. The van der Waals surface area contributed by atoms with Crippen molar-refractivity contribution in [3.05, 3.63) is 57.6 Å². The number of benzene rings is 2. The third kappa shape index (κ3) is 3.86. The Bertz CT molecular complexity index is 635. The number of nitrogens with two attached hydrogens (primary N) is 1. The molecule has 0 aliphatic heterocycles. The van der Waals surface area contributed by atoms with E-state index in [2.05, 4.69) is 48.8 Å². The van der Waals surface area contributed by atoms with Crippen molar-refractivity contribution < 1.29 is 4.74 Å². The molecule has 0 amide bonds. The van der Waals surface area contributed by atoms with Gasteiger partial charge in [0.1, 0.15) is 11.5 Å². The SMILES string of the molecule is Cc1cc(Oc2ccc(C(C)N)cc2Br)ccc1C(C)C. The minimum atomic E-state index is 0.0166. The fourth-order valence-electron chi connectivity index (χ4n) is 2.37. The Kier molecular flexibility index (Phi) is 5.07. The van der Waals surface area contributed by atoms with Crippen molar-refractivity contribution in [3.8, 4) is 11.5 Å². The molecule has 0 aromatic heterocycles. The predicted octanol–water partition coefficient (Wildman–Crippen LogP) is 5.69. The van der Waals surface area contributed by atoms with E-state index in [4.69, 9.17) is 10.5 Å². The summed E-state index contributed by atoms with van der Waals surface area (Å²) in [5.74, 6) is 2.18. The van der Waals surface area contributed by atoms with Gasteiger partial charge in [-0.1, -0.05) is 26.0 Å². The van der Waals surface area contributed by atoms with Crippen LogP contribution >= 0.6 is 15.9 Å². The van der Waals surface area contributed by atoms with E-state index in [0.717, 1.165) is 21.5 Å². The van der Waals surface area contributed by atoms with E-state index in [-0.39, 0.29) is 6.04 Å². The fourth-order valence-corrected chi connectivity index (χ4v) is 2.85. The molecule has 2 aromatic rings. The van der Waals surface area contributed by atoms with Crippen LogP contribution in [0.2, 0.25) is 0 Å². The molecule has 0 spiro atoms. The number of ether oxygens (including phenoxy) is 1. The summed E-state index contributed by atoms with van der Waals surface area (Å²) >= 11 is 3.55. The maximum Gasteiger partial charge on any atom is 0.141 e. The molecule has 112 valence electrons. The van der Waals surface area contributed by atoms with Crippen LogP contribution in [0.5, 0.6) is 11.5 Å². The molecular formula is C18H22BrNO. The number of halogens is 1. The van der Waals surface area contributed by atoms with Gasteiger partial charge in [0.2, 0.25) is 0 Å². The summed E-state index contributed by atoms with van der Waals surface area (Å²) in [6.45, 7) is 8.49. The van der Waals surface area contributed by atoms with Crippen LogP contribution < -0.4 is 10.5 Å². The predicted molar refractivity (Wildman–Crippen MR) is 92.1 cm³/mol. The number of aryl methyl sites for hydroxylation is 1. The largest absolute Gasteiger partial charge is 0.456 e. The van der Waals surface area contributed by atoms with E-state index >= 15 is 0 Å². The van der Waals surface area contributed by atoms with Gasteiger partial charge in [0.05, 0.1) is 4.47 Å². The Hall–Kier alpha value is -1.32. The van der Waals surface area contributed by atoms with Crippen LogP contribution in [-0.4, -0.2) is 0 Å². The molecule has 0 saturated heterocycles. The summed E-state index contributed by atoms with van der Waals surface area (Å²) in [7, 11) is 0. The van der Waals surface area contributed by atoms with E-state index in [1.54, 1.807) is 0 Å². The molecular weight excluding hydrogens is 326 g/mol. The molecule has 0 aliphatic rings. The van der Waals surface area contributed by atoms with Crippen LogP contribution in [0.15, 0.2) is 40.9 Å². The maximum absolute atomic E-state index is 5.97. The number of rotatable bonds is 4. The first kappa shape index (κ1) is 16.1. The number of hydrogen-bond donors (Lipinski definition) is 1. The Morgan fingerprint density at radius 3 is 2.29 bits per heavy atom. The Morgan fingerprint density at radius 1 is 1.05 bits per heavy atom. The minimum absolute atomic E-state index is 0.0166. The summed E-state index contributed by atoms with van der Waals surface area (Å²) in [4.78, 5) is 0. The summed E-state index contributed by atoms with van der Waals surface area (Å²) in [5, 5.41) is 0. The van der Waals surface area contributed by atoms with Gasteiger partial charge in [0, 0.05) is 6.04 Å². The normalized spacial score (nSPS) is 12.5. The van der Waals surface area contributed by atoms with Crippen molar-refractivity contribution in [2.75, 3.05) is 0 Å². The lowest BCUT2D eigenvalue weighted by Crippen LogP contribution is -2.04. The molecule has 2 N–H and O–H groups in total. The van der Waals surface area contributed by atoms with Gasteiger partial charge >= 0.3 is 0 Å². The Labute approximate surface area is 135 Å². The van der Waals surface area contributed by atoms with Crippen molar-refractivity contribution in [1.29, 1.82) is 0 Å². The van der Waals surface area contributed by atoms with E-state index in [0.29, 0.717) is 5.92 Å². The first-order valence-electron chi connectivity index (χ1n) is 7.22. The lowest BCUT2D eigenvalue weighted by atomic mass is 9.98. The van der Waals surface area contributed by atoms with Gasteiger partial charge in [0.15, 0.2) is 0 Å². The molecule has 0 radical (unpaired) electrons. The highest BCUT2D eigenvalue weighted by Crippen LogP contribution is 2.33. The van der Waals surface area contributed by atoms with Crippen LogP contribution in [0.4, 0.5) is 0 Å². The quantitative estimate of drug-likeness (QED) is 0.770. The van der Waals surface area contributed by atoms with Crippen molar-refractivity contribution in [2.45, 2.75) is 39.7 Å². The second-order valence-electron chi connectivity index (χ2n) is 5.75. The summed E-state index contributed by atoms with van der Waals surface area (Å²) in [6.07, 6.45) is 0. The van der Waals surface area contributed by atoms with Crippen molar-refractivity contribution in [2.24, 2.45) is 5.73 Å². The monoisotopic (exact) mass is 347 g/mol. The van der Waals surface area contributed by atoms with Gasteiger partial charge in [-0.05, 0) is 76.7 Å². The smallest absolute Gasteiger partial charge is 0.141 e. The molecule has 2 rings (SSSR count). The molecule has 2 aromatic carbocycles. The molecule has 1 atom stereocenters. The maximum atomic E-state index is 5.97. The number of hydrogen-bond acceptors (Lipinski definition) is 2. The molecule has 2 nitrogen and oxygen atoms in total. The molecule has 0 bridgehead atoms. The summed E-state index contributed by atoms with van der Waals surface area (Å²) < 4.78 is 6.89. The van der Waals surface area contributed by atoms with Gasteiger partial charge < -0.3 is 10.5 Å². The zero-order chi connectivity index (χ0) is 15.6. The second-order valence-corrected chi connectivity index (χ2v) is 6.61. The van der Waals surface area contributed by atoms with E-state index < -0.39 is 0 Å². The summed E-state index contributed by atoms with van der Waals surface area (Å²) in [6, 6.07) is 12.2. The lowest BCUT2D eigenvalue weighted by Gasteiger charge is -2.14. The van der Waals surface area contributed by atoms with Crippen LogP contribution in [-0.2, 0) is 0 Å². The third-order valence-electron chi connectivity index (χ3n) is 3.57.